The Hall–Kier alpha value is -1.98. The smallest absolute Gasteiger partial charge is 0.242 e. The van der Waals surface area contributed by atoms with Crippen LogP contribution in [0.15, 0.2) is 53.4 Å². The Labute approximate surface area is 183 Å². The molecule has 6 heteroatoms. The van der Waals surface area contributed by atoms with Crippen molar-refractivity contribution in [1.82, 2.24) is 10.2 Å². The van der Waals surface area contributed by atoms with Gasteiger partial charge in [0.2, 0.25) is 11.8 Å². The van der Waals surface area contributed by atoms with Gasteiger partial charge in [-0.25, -0.2) is 0 Å². The fourth-order valence-corrected chi connectivity index (χ4v) is 3.69. The number of carbonyl (C=O) groups is 2. The van der Waals surface area contributed by atoms with E-state index in [1.807, 2.05) is 69.3 Å². The highest BCUT2D eigenvalue weighted by Crippen LogP contribution is 2.22. The second-order valence-electron chi connectivity index (χ2n) is 7.18. The SMILES string of the molecule is CCC(C)NC(=O)C(C)N(Cc1ccccc1C)C(=O)CSc1ccc(Cl)cc1. The molecule has 2 amide bonds. The average molecular weight is 433 g/mol. The predicted molar refractivity (Wildman–Crippen MR) is 121 cm³/mol. The minimum atomic E-state index is -0.554. The van der Waals surface area contributed by atoms with Gasteiger partial charge in [0.1, 0.15) is 6.04 Å². The van der Waals surface area contributed by atoms with E-state index < -0.39 is 6.04 Å². The molecule has 2 aromatic rings. The molecule has 1 N–H and O–H groups in total. The van der Waals surface area contributed by atoms with Crippen LogP contribution >= 0.6 is 23.4 Å². The van der Waals surface area contributed by atoms with Gasteiger partial charge < -0.3 is 10.2 Å². The summed E-state index contributed by atoms with van der Waals surface area (Å²) in [6.07, 6.45) is 0.844. The van der Waals surface area contributed by atoms with Crippen molar-refractivity contribution in [3.05, 3.63) is 64.7 Å². The van der Waals surface area contributed by atoms with Crippen LogP contribution in [0.4, 0.5) is 0 Å². The van der Waals surface area contributed by atoms with E-state index in [-0.39, 0.29) is 23.6 Å². The first kappa shape index (κ1) is 23.3. The molecule has 0 heterocycles. The Morgan fingerprint density at radius 2 is 1.76 bits per heavy atom. The maximum absolute atomic E-state index is 13.1. The van der Waals surface area contributed by atoms with Gasteiger partial charge in [0.25, 0.3) is 0 Å². The van der Waals surface area contributed by atoms with E-state index in [2.05, 4.69) is 5.32 Å². The molecule has 0 saturated carbocycles. The lowest BCUT2D eigenvalue weighted by Crippen LogP contribution is -2.50. The van der Waals surface area contributed by atoms with Crippen LogP contribution in [-0.2, 0) is 16.1 Å². The molecule has 0 aromatic heterocycles. The molecular weight excluding hydrogens is 404 g/mol. The van der Waals surface area contributed by atoms with Gasteiger partial charge in [-0.1, -0.05) is 42.8 Å². The first-order valence-electron chi connectivity index (χ1n) is 9.84. The Morgan fingerprint density at radius 1 is 1.10 bits per heavy atom. The van der Waals surface area contributed by atoms with E-state index in [4.69, 9.17) is 11.6 Å². The molecule has 0 saturated heterocycles. The minimum absolute atomic E-state index is 0.0694. The van der Waals surface area contributed by atoms with Gasteiger partial charge in [0.15, 0.2) is 0 Å². The third kappa shape index (κ3) is 7.09. The van der Waals surface area contributed by atoms with E-state index in [0.29, 0.717) is 11.6 Å². The number of hydrogen-bond donors (Lipinski definition) is 1. The van der Waals surface area contributed by atoms with E-state index in [1.54, 1.807) is 11.8 Å². The molecule has 0 aliphatic heterocycles. The number of nitrogens with one attached hydrogen (secondary N) is 1. The summed E-state index contributed by atoms with van der Waals surface area (Å²) in [6.45, 7) is 8.20. The Balaban J connectivity index is 2.15. The Bertz CT molecular complexity index is 826. The summed E-state index contributed by atoms with van der Waals surface area (Å²) in [7, 11) is 0. The van der Waals surface area contributed by atoms with Gasteiger partial charge in [-0.15, -0.1) is 11.8 Å². The van der Waals surface area contributed by atoms with Gasteiger partial charge in [0.05, 0.1) is 5.75 Å². The Morgan fingerprint density at radius 3 is 2.38 bits per heavy atom. The van der Waals surface area contributed by atoms with E-state index in [9.17, 15) is 9.59 Å². The van der Waals surface area contributed by atoms with Crippen LogP contribution in [0.3, 0.4) is 0 Å². The Kier molecular flexibility index (Phi) is 9.05. The van der Waals surface area contributed by atoms with E-state index in [1.165, 1.54) is 11.8 Å². The fourth-order valence-electron chi connectivity index (χ4n) is 2.78. The molecule has 2 atom stereocenters. The molecule has 2 aromatic carbocycles. The number of carbonyl (C=O) groups excluding carboxylic acids is 2. The summed E-state index contributed by atoms with van der Waals surface area (Å²) in [5, 5.41) is 3.65. The van der Waals surface area contributed by atoms with E-state index in [0.717, 1.165) is 22.4 Å². The monoisotopic (exact) mass is 432 g/mol. The molecule has 0 bridgehead atoms. The molecule has 156 valence electrons. The molecule has 29 heavy (non-hydrogen) atoms. The zero-order valence-electron chi connectivity index (χ0n) is 17.4. The molecule has 0 fully saturated rings. The lowest BCUT2D eigenvalue weighted by atomic mass is 10.1. The summed E-state index contributed by atoms with van der Waals surface area (Å²) in [5.41, 5.74) is 2.14. The molecule has 2 rings (SSSR count). The van der Waals surface area contributed by atoms with E-state index >= 15 is 0 Å². The lowest BCUT2D eigenvalue weighted by Gasteiger charge is -2.30. The topological polar surface area (TPSA) is 49.4 Å². The second kappa shape index (κ2) is 11.3. The number of amides is 2. The summed E-state index contributed by atoms with van der Waals surface area (Å²) in [5.74, 6) is 0.0619. The normalized spacial score (nSPS) is 12.9. The lowest BCUT2D eigenvalue weighted by molar-refractivity contribution is -0.138. The number of nitrogens with zero attached hydrogens (tertiary/aromatic N) is 1. The van der Waals surface area contributed by atoms with Crippen molar-refractivity contribution in [1.29, 1.82) is 0 Å². The van der Waals surface area contributed by atoms with Crippen molar-refractivity contribution >= 4 is 35.2 Å². The molecule has 2 unspecified atom stereocenters. The number of hydrogen-bond acceptors (Lipinski definition) is 3. The van der Waals surface area contributed by atoms with Crippen LogP contribution in [0, 0.1) is 6.92 Å². The summed E-state index contributed by atoms with van der Waals surface area (Å²) < 4.78 is 0. The minimum Gasteiger partial charge on any atom is -0.352 e. The third-order valence-electron chi connectivity index (χ3n) is 4.95. The first-order chi connectivity index (χ1) is 13.8. The van der Waals surface area contributed by atoms with Crippen molar-refractivity contribution < 1.29 is 9.59 Å². The maximum Gasteiger partial charge on any atom is 0.242 e. The summed E-state index contributed by atoms with van der Waals surface area (Å²) in [4.78, 5) is 28.5. The van der Waals surface area contributed by atoms with Crippen molar-refractivity contribution in [3.63, 3.8) is 0 Å². The third-order valence-corrected chi connectivity index (χ3v) is 6.19. The van der Waals surface area contributed by atoms with Crippen molar-refractivity contribution in [2.75, 3.05) is 5.75 Å². The second-order valence-corrected chi connectivity index (χ2v) is 8.67. The first-order valence-corrected chi connectivity index (χ1v) is 11.2. The fraction of sp³-hybridized carbons (Fsp3) is 0.391. The standard InChI is InChI=1S/C23H29ClN2O2S/c1-5-17(3)25-23(28)18(4)26(14-19-9-7-6-8-16(19)2)22(27)15-29-21-12-10-20(24)11-13-21/h6-13,17-18H,5,14-15H2,1-4H3,(H,25,28). The average Bonchev–Trinajstić information content (AvgIpc) is 2.71. The number of benzene rings is 2. The van der Waals surface area contributed by atoms with Crippen LogP contribution < -0.4 is 5.32 Å². The molecule has 0 aliphatic rings. The van der Waals surface area contributed by atoms with Crippen molar-refractivity contribution in [2.24, 2.45) is 0 Å². The zero-order valence-corrected chi connectivity index (χ0v) is 19.0. The van der Waals surface area contributed by atoms with Crippen molar-refractivity contribution in [3.8, 4) is 0 Å². The number of rotatable bonds is 9. The van der Waals surface area contributed by atoms with Gasteiger partial charge >= 0.3 is 0 Å². The summed E-state index contributed by atoms with van der Waals surface area (Å²) >= 11 is 7.38. The van der Waals surface area contributed by atoms with Gasteiger partial charge in [-0.2, -0.15) is 0 Å². The highest BCUT2D eigenvalue weighted by molar-refractivity contribution is 8.00. The molecular formula is C23H29ClN2O2S. The molecule has 0 aliphatic carbocycles. The predicted octanol–water partition coefficient (Wildman–Crippen LogP) is 5.07. The van der Waals surface area contributed by atoms with Gasteiger partial charge in [-0.05, 0) is 62.6 Å². The van der Waals surface area contributed by atoms with Crippen LogP contribution in [0.25, 0.3) is 0 Å². The van der Waals surface area contributed by atoms with Gasteiger partial charge in [-0.3, -0.25) is 9.59 Å². The number of thioether (sulfide) groups is 1. The number of aryl methyl sites for hydroxylation is 1. The van der Waals surface area contributed by atoms with Crippen LogP contribution in [0.2, 0.25) is 5.02 Å². The van der Waals surface area contributed by atoms with Crippen molar-refractivity contribution in [2.45, 2.75) is 57.6 Å². The zero-order chi connectivity index (χ0) is 21.4. The maximum atomic E-state index is 13.1. The van der Waals surface area contributed by atoms with Crippen LogP contribution in [0.5, 0.6) is 0 Å². The summed E-state index contributed by atoms with van der Waals surface area (Å²) in [6, 6.07) is 14.9. The van der Waals surface area contributed by atoms with Crippen LogP contribution in [0.1, 0.15) is 38.3 Å². The van der Waals surface area contributed by atoms with Gasteiger partial charge in [0, 0.05) is 22.5 Å². The molecule has 4 nitrogen and oxygen atoms in total. The highest BCUT2D eigenvalue weighted by Gasteiger charge is 2.27. The number of halogens is 1. The quantitative estimate of drug-likeness (QED) is 0.562. The largest absolute Gasteiger partial charge is 0.352 e. The molecule has 0 spiro atoms. The highest BCUT2D eigenvalue weighted by atomic mass is 35.5. The molecule has 0 radical (unpaired) electrons. The van der Waals surface area contributed by atoms with Crippen LogP contribution in [-0.4, -0.2) is 34.6 Å².